The first-order valence-corrected chi connectivity index (χ1v) is 5.48. The van der Waals surface area contributed by atoms with Crippen molar-refractivity contribution >= 4 is 12.0 Å². The number of likely N-dealkylation sites (N-methyl/N-ethyl adjacent to an activating group) is 1. The van der Waals surface area contributed by atoms with Crippen LogP contribution in [-0.4, -0.2) is 19.4 Å². The summed E-state index contributed by atoms with van der Waals surface area (Å²) in [6, 6.07) is 8.76. The first-order chi connectivity index (χ1) is 7.81. The predicted octanol–water partition coefficient (Wildman–Crippen LogP) is 2.28. The van der Waals surface area contributed by atoms with Crippen molar-refractivity contribution in [1.82, 2.24) is 0 Å². The van der Waals surface area contributed by atoms with E-state index in [-0.39, 0.29) is 0 Å². The second-order valence-corrected chi connectivity index (χ2v) is 4.33. The Hall–Kier alpha value is -1.83. The quantitative estimate of drug-likeness (QED) is 0.664. The van der Waals surface area contributed by atoms with Gasteiger partial charge in [0.2, 0.25) is 0 Å². The first-order valence-electron chi connectivity index (χ1n) is 5.48. The average molecular weight is 211 g/mol. The van der Waals surface area contributed by atoms with E-state index in [1.165, 1.54) is 11.3 Å². The molecular weight excluding hydrogens is 198 g/mol. The number of anilines is 1. The summed E-state index contributed by atoms with van der Waals surface area (Å²) in [5, 5.41) is 0. The van der Waals surface area contributed by atoms with Gasteiger partial charge in [0.1, 0.15) is 6.29 Å². The molecule has 1 heterocycles. The summed E-state index contributed by atoms with van der Waals surface area (Å²) in [7, 11) is 2.10. The van der Waals surface area contributed by atoms with E-state index in [4.69, 9.17) is 0 Å². The second kappa shape index (κ2) is 3.34. The van der Waals surface area contributed by atoms with Crippen LogP contribution in [-0.2, 0) is 4.79 Å². The molecule has 80 valence electrons. The maximum atomic E-state index is 10.8. The zero-order valence-electron chi connectivity index (χ0n) is 9.13. The number of allylic oxidation sites excluding steroid dienone is 2. The van der Waals surface area contributed by atoms with Gasteiger partial charge in [-0.25, -0.2) is 0 Å². The van der Waals surface area contributed by atoms with Crippen LogP contribution in [0.15, 0.2) is 48.1 Å². The fraction of sp³-hybridized carbons (Fsp3) is 0.214. The van der Waals surface area contributed by atoms with Crippen LogP contribution in [0.25, 0.3) is 0 Å². The molecule has 0 aromatic heterocycles. The van der Waals surface area contributed by atoms with E-state index in [9.17, 15) is 4.79 Å². The van der Waals surface area contributed by atoms with Gasteiger partial charge in [-0.2, -0.15) is 0 Å². The van der Waals surface area contributed by atoms with Crippen LogP contribution in [0.5, 0.6) is 0 Å². The molecule has 0 fully saturated rings. The smallest absolute Gasteiger partial charge is 0.149 e. The van der Waals surface area contributed by atoms with Crippen LogP contribution in [0.3, 0.4) is 0 Å². The molecule has 2 aliphatic rings. The van der Waals surface area contributed by atoms with Crippen molar-refractivity contribution in [2.45, 2.75) is 12.0 Å². The third kappa shape index (κ3) is 1.16. The summed E-state index contributed by atoms with van der Waals surface area (Å²) < 4.78 is 0. The van der Waals surface area contributed by atoms with Gasteiger partial charge in [0.15, 0.2) is 0 Å². The molecule has 2 atom stereocenters. The number of carbonyl (C=O) groups excluding carboxylic acids is 1. The van der Waals surface area contributed by atoms with Gasteiger partial charge in [-0.05, 0) is 11.6 Å². The fourth-order valence-electron chi connectivity index (χ4n) is 2.66. The highest BCUT2D eigenvalue weighted by Crippen LogP contribution is 2.43. The summed E-state index contributed by atoms with van der Waals surface area (Å²) in [5.41, 5.74) is 3.37. The van der Waals surface area contributed by atoms with Gasteiger partial charge in [-0.1, -0.05) is 36.4 Å². The van der Waals surface area contributed by atoms with E-state index >= 15 is 0 Å². The van der Waals surface area contributed by atoms with Crippen LogP contribution >= 0.6 is 0 Å². The minimum Gasteiger partial charge on any atom is -0.367 e. The predicted molar refractivity (Wildman–Crippen MR) is 64.7 cm³/mol. The van der Waals surface area contributed by atoms with Gasteiger partial charge in [0.25, 0.3) is 0 Å². The lowest BCUT2D eigenvalue weighted by molar-refractivity contribution is -0.104. The Labute approximate surface area is 94.9 Å². The Morgan fingerprint density at radius 3 is 2.94 bits per heavy atom. The number of aldehydes is 1. The highest BCUT2D eigenvalue weighted by atomic mass is 16.1. The third-order valence-corrected chi connectivity index (χ3v) is 3.48. The highest BCUT2D eigenvalue weighted by molar-refractivity contribution is 5.80. The molecule has 0 saturated heterocycles. The number of nitrogens with zero attached hydrogens (tertiary/aromatic N) is 1. The van der Waals surface area contributed by atoms with E-state index in [1.54, 1.807) is 0 Å². The van der Waals surface area contributed by atoms with E-state index < -0.39 is 0 Å². The van der Waals surface area contributed by atoms with Gasteiger partial charge < -0.3 is 4.90 Å². The van der Waals surface area contributed by atoms with E-state index in [0.717, 1.165) is 11.9 Å². The van der Waals surface area contributed by atoms with Crippen LogP contribution in [0.4, 0.5) is 5.69 Å². The molecule has 0 amide bonds. The second-order valence-electron chi connectivity index (χ2n) is 4.33. The lowest BCUT2D eigenvalue weighted by Gasteiger charge is -2.24. The molecule has 0 spiro atoms. The van der Waals surface area contributed by atoms with Gasteiger partial charge >= 0.3 is 0 Å². The Morgan fingerprint density at radius 1 is 1.31 bits per heavy atom. The summed E-state index contributed by atoms with van der Waals surface area (Å²) in [5.74, 6) is 0.325. The van der Waals surface area contributed by atoms with Crippen LogP contribution in [0.1, 0.15) is 11.5 Å². The van der Waals surface area contributed by atoms with Crippen molar-refractivity contribution in [2.24, 2.45) is 0 Å². The summed E-state index contributed by atoms with van der Waals surface area (Å²) >= 11 is 0. The van der Waals surface area contributed by atoms with E-state index in [2.05, 4.69) is 48.4 Å². The Bertz CT molecular complexity index is 501. The van der Waals surface area contributed by atoms with Crippen molar-refractivity contribution in [3.05, 3.63) is 53.6 Å². The molecular formula is C14H13NO. The number of benzene rings is 1. The number of hydrogen-bond donors (Lipinski definition) is 0. The molecule has 0 unspecified atom stereocenters. The largest absolute Gasteiger partial charge is 0.367 e. The molecule has 2 heteroatoms. The minimum absolute atomic E-state index is 0.325. The molecule has 1 aliphatic heterocycles. The number of para-hydroxylation sites is 1. The molecule has 1 aromatic carbocycles. The van der Waals surface area contributed by atoms with Crippen LogP contribution in [0, 0.1) is 0 Å². The van der Waals surface area contributed by atoms with Crippen molar-refractivity contribution in [3.8, 4) is 0 Å². The number of carbonyl (C=O) groups is 1. The zero-order valence-corrected chi connectivity index (χ0v) is 9.13. The minimum atomic E-state index is 0.325. The summed E-state index contributed by atoms with van der Waals surface area (Å²) in [6.07, 6.45) is 7.03. The van der Waals surface area contributed by atoms with Crippen molar-refractivity contribution in [3.63, 3.8) is 0 Å². The van der Waals surface area contributed by atoms with Crippen LogP contribution < -0.4 is 4.90 Å². The fourth-order valence-corrected chi connectivity index (χ4v) is 2.66. The van der Waals surface area contributed by atoms with Crippen LogP contribution in [0.2, 0.25) is 0 Å². The van der Waals surface area contributed by atoms with Crippen molar-refractivity contribution in [2.75, 3.05) is 11.9 Å². The topological polar surface area (TPSA) is 20.3 Å². The maximum absolute atomic E-state index is 10.8. The highest BCUT2D eigenvalue weighted by Gasteiger charge is 2.34. The van der Waals surface area contributed by atoms with Gasteiger partial charge in [-0.3, -0.25) is 4.79 Å². The molecule has 0 N–H and O–H groups in total. The van der Waals surface area contributed by atoms with E-state index in [1.807, 2.05) is 6.08 Å². The molecule has 1 aromatic rings. The zero-order chi connectivity index (χ0) is 11.1. The van der Waals surface area contributed by atoms with Gasteiger partial charge in [0.05, 0.1) is 6.04 Å². The monoisotopic (exact) mass is 211 g/mol. The van der Waals surface area contributed by atoms with Crippen molar-refractivity contribution < 1.29 is 4.79 Å². The van der Waals surface area contributed by atoms with Crippen molar-refractivity contribution in [1.29, 1.82) is 0 Å². The number of hydrogen-bond acceptors (Lipinski definition) is 2. The standard InChI is InChI=1S/C14H13NO/c1-15-13-5-3-2-4-11(13)12-8-10(9-16)6-7-14(12)15/h2-9,12,14H,1H3/t12-,14+/m1/s1. The Balaban J connectivity index is 2.13. The van der Waals surface area contributed by atoms with E-state index in [0.29, 0.717) is 12.0 Å². The SMILES string of the molecule is CN1c2ccccc2[C@H]2C=C(C=O)C=C[C@@H]21. The molecule has 1 aliphatic carbocycles. The number of fused-ring (bicyclic) bond motifs is 3. The third-order valence-electron chi connectivity index (χ3n) is 3.48. The normalized spacial score (nSPS) is 26.1. The lowest BCUT2D eigenvalue weighted by atomic mass is 9.89. The Kier molecular flexibility index (Phi) is 1.96. The first kappa shape index (κ1) is 9.40. The molecule has 0 radical (unpaired) electrons. The number of rotatable bonds is 1. The summed E-state index contributed by atoms with van der Waals surface area (Å²) in [4.78, 5) is 13.1. The maximum Gasteiger partial charge on any atom is 0.149 e. The molecule has 0 bridgehead atoms. The van der Waals surface area contributed by atoms with Gasteiger partial charge in [-0.15, -0.1) is 0 Å². The molecule has 16 heavy (non-hydrogen) atoms. The summed E-state index contributed by atoms with van der Waals surface area (Å²) in [6.45, 7) is 0. The average Bonchev–Trinajstić information content (AvgIpc) is 2.64. The Morgan fingerprint density at radius 2 is 2.12 bits per heavy atom. The molecule has 3 rings (SSSR count). The lowest BCUT2D eigenvalue weighted by Crippen LogP contribution is -2.29. The molecule has 2 nitrogen and oxygen atoms in total. The van der Waals surface area contributed by atoms with Gasteiger partial charge in [0, 0.05) is 24.2 Å². The molecule has 0 saturated carbocycles.